The Morgan fingerprint density at radius 1 is 0.951 bits per heavy atom. The molecule has 0 aliphatic heterocycles. The zero-order valence-electron chi connectivity index (χ0n) is 22.7. The summed E-state index contributed by atoms with van der Waals surface area (Å²) in [6, 6.07) is 12.1. The predicted octanol–water partition coefficient (Wildman–Crippen LogP) is 5.11. The molecule has 12 heteroatoms. The van der Waals surface area contributed by atoms with Gasteiger partial charge in [-0.3, -0.25) is 14.9 Å². The maximum Gasteiger partial charge on any atom is 0.411 e. The van der Waals surface area contributed by atoms with Crippen molar-refractivity contribution >= 4 is 34.3 Å². The SMILES string of the molecule is CCN(C(=O)c1cn(-c2cc(NC(=O)OC)cc(OC)c2)c2cc(OCOC)ccc2c1=O)c1cc(F)cc(F)c1. The number of anilines is 2. The van der Waals surface area contributed by atoms with E-state index in [-0.39, 0.29) is 30.0 Å². The van der Waals surface area contributed by atoms with Gasteiger partial charge >= 0.3 is 6.09 Å². The van der Waals surface area contributed by atoms with Gasteiger partial charge in [0.1, 0.15) is 28.7 Å². The molecule has 0 atom stereocenters. The second kappa shape index (κ2) is 12.5. The Kier molecular flexibility index (Phi) is 8.83. The van der Waals surface area contributed by atoms with Gasteiger partial charge in [-0.05, 0) is 37.3 Å². The molecule has 0 radical (unpaired) electrons. The molecule has 0 saturated carbocycles. The number of carbonyl (C=O) groups is 2. The van der Waals surface area contributed by atoms with Gasteiger partial charge < -0.3 is 28.4 Å². The second-order valence-electron chi connectivity index (χ2n) is 8.69. The molecule has 1 N–H and O–H groups in total. The molecule has 4 rings (SSSR count). The van der Waals surface area contributed by atoms with Crippen LogP contribution in [0.4, 0.5) is 25.0 Å². The molecule has 214 valence electrons. The molecule has 0 spiro atoms. The van der Waals surface area contributed by atoms with Crippen LogP contribution in [-0.4, -0.2) is 51.2 Å². The summed E-state index contributed by atoms with van der Waals surface area (Å²) in [5.41, 5.74) is 0.153. The fourth-order valence-electron chi connectivity index (χ4n) is 4.25. The number of fused-ring (bicyclic) bond motifs is 1. The highest BCUT2D eigenvalue weighted by Crippen LogP contribution is 2.29. The van der Waals surface area contributed by atoms with Crippen LogP contribution in [0.3, 0.4) is 0 Å². The minimum absolute atomic E-state index is 0.0232. The first kappa shape index (κ1) is 29.0. The number of benzene rings is 3. The molecule has 41 heavy (non-hydrogen) atoms. The number of ether oxygens (including phenoxy) is 4. The minimum atomic E-state index is -0.868. The molecule has 0 fully saturated rings. The normalized spacial score (nSPS) is 10.8. The van der Waals surface area contributed by atoms with E-state index in [4.69, 9.17) is 14.2 Å². The van der Waals surface area contributed by atoms with Gasteiger partial charge in [-0.15, -0.1) is 0 Å². The summed E-state index contributed by atoms with van der Waals surface area (Å²) in [4.78, 5) is 40.4. The maximum atomic E-state index is 14.0. The van der Waals surface area contributed by atoms with E-state index in [1.165, 1.54) is 33.6 Å². The monoisotopic (exact) mass is 567 g/mol. The summed E-state index contributed by atoms with van der Waals surface area (Å²) < 4.78 is 50.2. The van der Waals surface area contributed by atoms with Crippen molar-refractivity contribution in [2.75, 3.05) is 44.9 Å². The van der Waals surface area contributed by atoms with E-state index < -0.39 is 29.1 Å². The van der Waals surface area contributed by atoms with Crippen LogP contribution in [0.15, 0.2) is 65.6 Å². The third kappa shape index (κ3) is 6.28. The highest BCUT2D eigenvalue weighted by atomic mass is 19.1. The van der Waals surface area contributed by atoms with Crippen LogP contribution in [0.5, 0.6) is 11.5 Å². The smallest absolute Gasteiger partial charge is 0.411 e. The van der Waals surface area contributed by atoms with Crippen LogP contribution < -0.4 is 25.1 Å². The predicted molar refractivity (Wildman–Crippen MR) is 148 cm³/mol. The lowest BCUT2D eigenvalue weighted by atomic mass is 10.1. The number of pyridine rings is 1. The number of nitrogens with zero attached hydrogens (tertiary/aromatic N) is 2. The van der Waals surface area contributed by atoms with E-state index in [1.807, 2.05) is 0 Å². The molecular weight excluding hydrogens is 540 g/mol. The van der Waals surface area contributed by atoms with Crippen molar-refractivity contribution in [2.24, 2.45) is 0 Å². The average molecular weight is 568 g/mol. The number of carbonyl (C=O) groups excluding carboxylic acids is 2. The summed E-state index contributed by atoms with van der Waals surface area (Å²) in [6.07, 6.45) is 0.600. The summed E-state index contributed by atoms with van der Waals surface area (Å²) in [5.74, 6) is -1.77. The van der Waals surface area contributed by atoms with Crippen LogP contribution in [-0.2, 0) is 9.47 Å². The van der Waals surface area contributed by atoms with E-state index >= 15 is 0 Å². The first-order valence-electron chi connectivity index (χ1n) is 12.3. The van der Waals surface area contributed by atoms with E-state index in [2.05, 4.69) is 10.1 Å². The lowest BCUT2D eigenvalue weighted by Crippen LogP contribution is -2.35. The molecular formula is C29H27F2N3O7. The lowest BCUT2D eigenvalue weighted by Gasteiger charge is -2.22. The number of hydrogen-bond donors (Lipinski definition) is 1. The summed E-state index contributed by atoms with van der Waals surface area (Å²) in [5, 5.41) is 2.73. The number of methoxy groups -OCH3 is 3. The van der Waals surface area contributed by atoms with Gasteiger partial charge in [0.25, 0.3) is 5.91 Å². The minimum Gasteiger partial charge on any atom is -0.497 e. The standard InChI is InChI=1S/C29H27F2N3O7/c1-5-33(20-9-17(30)8-18(31)10-20)28(36)25-15-34(21-11-19(32-29(37)40-4)12-23(13-21)39-3)26-14-22(41-16-38-2)6-7-24(26)27(25)35/h6-15H,5,16H2,1-4H3,(H,32,37). The first-order valence-corrected chi connectivity index (χ1v) is 12.3. The lowest BCUT2D eigenvalue weighted by molar-refractivity contribution is 0.0512. The van der Waals surface area contributed by atoms with Gasteiger partial charge in [0, 0.05) is 60.9 Å². The van der Waals surface area contributed by atoms with Crippen LogP contribution >= 0.6 is 0 Å². The van der Waals surface area contributed by atoms with Crippen molar-refractivity contribution in [1.29, 1.82) is 0 Å². The van der Waals surface area contributed by atoms with Gasteiger partial charge in [0.2, 0.25) is 5.43 Å². The number of halogens is 2. The number of rotatable bonds is 9. The van der Waals surface area contributed by atoms with Crippen molar-refractivity contribution < 1.29 is 37.3 Å². The molecule has 0 aliphatic carbocycles. The topological polar surface area (TPSA) is 108 Å². The summed E-state index contributed by atoms with van der Waals surface area (Å²) in [6.45, 7) is 1.59. The Hall–Kier alpha value is -4.97. The quantitative estimate of drug-likeness (QED) is 0.280. The summed E-state index contributed by atoms with van der Waals surface area (Å²) in [7, 11) is 4.12. The molecule has 2 amide bonds. The van der Waals surface area contributed by atoms with Gasteiger partial charge in [0.05, 0.1) is 25.4 Å². The number of aromatic nitrogens is 1. The molecule has 1 aromatic heterocycles. The Bertz CT molecular complexity index is 1650. The van der Waals surface area contributed by atoms with E-state index in [0.29, 0.717) is 34.5 Å². The van der Waals surface area contributed by atoms with Crippen molar-refractivity contribution in [1.82, 2.24) is 4.57 Å². The zero-order chi connectivity index (χ0) is 29.7. The fourth-order valence-corrected chi connectivity index (χ4v) is 4.25. The highest BCUT2D eigenvalue weighted by molar-refractivity contribution is 6.07. The number of amides is 2. The molecule has 0 bridgehead atoms. The Morgan fingerprint density at radius 2 is 1.68 bits per heavy atom. The third-order valence-electron chi connectivity index (χ3n) is 6.11. The van der Waals surface area contributed by atoms with Crippen LogP contribution in [0.2, 0.25) is 0 Å². The van der Waals surface area contributed by atoms with Gasteiger partial charge in [0.15, 0.2) is 6.79 Å². The largest absolute Gasteiger partial charge is 0.497 e. The van der Waals surface area contributed by atoms with Gasteiger partial charge in [-0.25, -0.2) is 13.6 Å². The Morgan fingerprint density at radius 3 is 2.32 bits per heavy atom. The molecule has 10 nitrogen and oxygen atoms in total. The summed E-state index contributed by atoms with van der Waals surface area (Å²) >= 11 is 0. The van der Waals surface area contributed by atoms with E-state index in [0.717, 1.165) is 17.0 Å². The number of nitrogens with one attached hydrogen (secondary N) is 1. The third-order valence-corrected chi connectivity index (χ3v) is 6.11. The fraction of sp³-hybridized carbons (Fsp3) is 0.207. The molecule has 0 aliphatic rings. The maximum absolute atomic E-state index is 14.0. The van der Waals surface area contributed by atoms with Crippen molar-refractivity contribution in [3.63, 3.8) is 0 Å². The van der Waals surface area contributed by atoms with Crippen molar-refractivity contribution in [3.05, 3.63) is 88.2 Å². The highest BCUT2D eigenvalue weighted by Gasteiger charge is 2.24. The van der Waals surface area contributed by atoms with Crippen molar-refractivity contribution in [2.45, 2.75) is 6.92 Å². The van der Waals surface area contributed by atoms with Crippen LogP contribution in [0.1, 0.15) is 17.3 Å². The molecule has 4 aromatic rings. The van der Waals surface area contributed by atoms with Crippen LogP contribution in [0.25, 0.3) is 16.6 Å². The first-order chi connectivity index (χ1) is 19.7. The van der Waals surface area contributed by atoms with Crippen LogP contribution in [0, 0.1) is 11.6 Å². The number of hydrogen-bond acceptors (Lipinski definition) is 7. The zero-order valence-corrected chi connectivity index (χ0v) is 22.7. The molecule has 1 heterocycles. The Balaban J connectivity index is 1.97. The van der Waals surface area contributed by atoms with Gasteiger partial charge in [-0.1, -0.05) is 0 Å². The molecule has 0 saturated heterocycles. The van der Waals surface area contributed by atoms with E-state index in [1.54, 1.807) is 41.8 Å². The van der Waals surface area contributed by atoms with Gasteiger partial charge in [-0.2, -0.15) is 0 Å². The second-order valence-corrected chi connectivity index (χ2v) is 8.69. The van der Waals surface area contributed by atoms with E-state index in [9.17, 15) is 23.2 Å². The van der Waals surface area contributed by atoms with Crippen molar-refractivity contribution in [3.8, 4) is 17.2 Å². The average Bonchev–Trinajstić information content (AvgIpc) is 2.95. The molecule has 0 unspecified atom stereocenters. The molecule has 3 aromatic carbocycles. The Labute approximate surface area is 233 Å².